The smallest absolute Gasteiger partial charge is 0.306 e. The number of aryl methyl sites for hydroxylation is 1. The van der Waals surface area contributed by atoms with Crippen LogP contribution in [0.5, 0.6) is 0 Å². The number of esters is 1. The topological polar surface area (TPSA) is 86.5 Å². The molecule has 0 bridgehead atoms. The number of hydrogen-bond acceptors (Lipinski definition) is 6. The number of nitrogens with zero attached hydrogens (tertiary/aromatic N) is 1. The van der Waals surface area contributed by atoms with Crippen molar-refractivity contribution in [1.29, 1.82) is 0 Å². The van der Waals surface area contributed by atoms with Gasteiger partial charge in [0.05, 0.1) is 18.4 Å². The highest BCUT2D eigenvalue weighted by Crippen LogP contribution is 2.33. The maximum Gasteiger partial charge on any atom is 0.306 e. The Kier molecular flexibility index (Phi) is 5.60. The van der Waals surface area contributed by atoms with Crippen LogP contribution in [0, 0.1) is 5.82 Å². The van der Waals surface area contributed by atoms with Gasteiger partial charge in [0.2, 0.25) is 0 Å². The molecule has 1 aromatic heterocycles. The van der Waals surface area contributed by atoms with E-state index in [-0.39, 0.29) is 29.5 Å². The maximum absolute atomic E-state index is 13.3. The highest BCUT2D eigenvalue weighted by atomic mass is 32.2. The quantitative estimate of drug-likeness (QED) is 0.584. The SMILES string of the molecule is COC(=O)CCc1nc(-c2ccc(S(C)(=O)=O)cc2)c(-c2ccc(F)cc2)o1. The number of carbonyl (C=O) groups is 1. The summed E-state index contributed by atoms with van der Waals surface area (Å²) in [6.45, 7) is 0. The molecule has 2 aromatic carbocycles. The first-order valence-electron chi connectivity index (χ1n) is 8.41. The molecule has 0 spiro atoms. The Labute approximate surface area is 161 Å². The van der Waals surface area contributed by atoms with Gasteiger partial charge in [0.25, 0.3) is 0 Å². The van der Waals surface area contributed by atoms with Gasteiger partial charge >= 0.3 is 5.97 Å². The molecule has 146 valence electrons. The second-order valence-electron chi connectivity index (χ2n) is 6.16. The molecule has 28 heavy (non-hydrogen) atoms. The number of oxazole rings is 1. The Morgan fingerprint density at radius 3 is 2.25 bits per heavy atom. The Hall–Kier alpha value is -3.00. The van der Waals surface area contributed by atoms with E-state index in [1.165, 1.54) is 31.4 Å². The zero-order valence-electron chi connectivity index (χ0n) is 15.3. The molecule has 0 amide bonds. The van der Waals surface area contributed by atoms with Gasteiger partial charge in [-0.1, -0.05) is 12.1 Å². The molecule has 0 atom stereocenters. The second-order valence-corrected chi connectivity index (χ2v) is 8.18. The summed E-state index contributed by atoms with van der Waals surface area (Å²) in [5.74, 6) is -0.0345. The summed E-state index contributed by atoms with van der Waals surface area (Å²) in [7, 11) is -2.02. The van der Waals surface area contributed by atoms with Crippen LogP contribution in [0.2, 0.25) is 0 Å². The molecule has 0 aliphatic heterocycles. The largest absolute Gasteiger partial charge is 0.469 e. The van der Waals surface area contributed by atoms with Crippen molar-refractivity contribution >= 4 is 15.8 Å². The summed E-state index contributed by atoms with van der Waals surface area (Å²) < 4.78 is 47.1. The van der Waals surface area contributed by atoms with E-state index in [4.69, 9.17) is 4.42 Å². The lowest BCUT2D eigenvalue weighted by Crippen LogP contribution is -2.01. The highest BCUT2D eigenvalue weighted by Gasteiger charge is 2.18. The molecule has 1 heterocycles. The molecule has 3 rings (SSSR count). The molecular formula is C20H18FNO5S. The van der Waals surface area contributed by atoms with E-state index in [9.17, 15) is 17.6 Å². The third kappa shape index (κ3) is 4.45. The highest BCUT2D eigenvalue weighted by molar-refractivity contribution is 7.90. The van der Waals surface area contributed by atoms with Crippen LogP contribution < -0.4 is 0 Å². The first-order chi connectivity index (χ1) is 13.3. The van der Waals surface area contributed by atoms with Crippen molar-refractivity contribution < 1.29 is 26.8 Å². The van der Waals surface area contributed by atoms with Crippen molar-refractivity contribution in [1.82, 2.24) is 4.98 Å². The van der Waals surface area contributed by atoms with Crippen LogP contribution in [0.25, 0.3) is 22.6 Å². The third-order valence-electron chi connectivity index (χ3n) is 4.10. The minimum atomic E-state index is -3.32. The fourth-order valence-corrected chi connectivity index (χ4v) is 3.27. The maximum atomic E-state index is 13.3. The van der Waals surface area contributed by atoms with Gasteiger partial charge in [-0.05, 0) is 36.4 Å². The number of halogens is 1. The first-order valence-corrected chi connectivity index (χ1v) is 10.3. The van der Waals surface area contributed by atoms with Crippen molar-refractivity contribution in [3.8, 4) is 22.6 Å². The summed E-state index contributed by atoms with van der Waals surface area (Å²) in [5, 5.41) is 0. The lowest BCUT2D eigenvalue weighted by atomic mass is 10.1. The van der Waals surface area contributed by atoms with E-state index in [1.54, 1.807) is 24.3 Å². The number of hydrogen-bond donors (Lipinski definition) is 0. The van der Waals surface area contributed by atoms with Gasteiger partial charge in [-0.25, -0.2) is 17.8 Å². The van der Waals surface area contributed by atoms with Gasteiger partial charge in [0, 0.05) is 23.8 Å². The van der Waals surface area contributed by atoms with Crippen molar-refractivity contribution in [2.45, 2.75) is 17.7 Å². The molecule has 0 unspecified atom stereocenters. The first kappa shape index (κ1) is 19.8. The van der Waals surface area contributed by atoms with Gasteiger partial charge in [-0.3, -0.25) is 4.79 Å². The summed E-state index contributed by atoms with van der Waals surface area (Å²) in [6, 6.07) is 12.0. The monoisotopic (exact) mass is 403 g/mol. The fourth-order valence-electron chi connectivity index (χ4n) is 2.63. The van der Waals surface area contributed by atoms with Crippen molar-refractivity contribution in [3.63, 3.8) is 0 Å². The molecule has 8 heteroatoms. The van der Waals surface area contributed by atoms with E-state index in [1.807, 2.05) is 0 Å². The number of aromatic nitrogens is 1. The minimum Gasteiger partial charge on any atom is -0.469 e. The molecule has 0 fully saturated rings. The molecule has 0 aliphatic carbocycles. The Morgan fingerprint density at radius 2 is 1.68 bits per heavy atom. The summed E-state index contributed by atoms with van der Waals surface area (Å²) in [6.07, 6.45) is 1.47. The third-order valence-corrected chi connectivity index (χ3v) is 5.23. The molecule has 0 N–H and O–H groups in total. The van der Waals surface area contributed by atoms with Crippen LogP contribution >= 0.6 is 0 Å². The van der Waals surface area contributed by atoms with Crippen LogP contribution in [0.3, 0.4) is 0 Å². The van der Waals surface area contributed by atoms with Gasteiger partial charge in [-0.15, -0.1) is 0 Å². The van der Waals surface area contributed by atoms with E-state index < -0.39 is 9.84 Å². The average molecular weight is 403 g/mol. The number of methoxy groups -OCH3 is 1. The van der Waals surface area contributed by atoms with E-state index in [0.717, 1.165) is 6.26 Å². The molecule has 0 saturated heterocycles. The van der Waals surface area contributed by atoms with Crippen molar-refractivity contribution in [3.05, 3.63) is 60.2 Å². The molecular weight excluding hydrogens is 385 g/mol. The lowest BCUT2D eigenvalue weighted by molar-refractivity contribution is -0.140. The molecule has 3 aromatic rings. The van der Waals surface area contributed by atoms with E-state index in [0.29, 0.717) is 28.5 Å². The number of benzene rings is 2. The number of sulfone groups is 1. The average Bonchev–Trinajstić information content (AvgIpc) is 3.10. The van der Waals surface area contributed by atoms with Crippen molar-refractivity contribution in [2.24, 2.45) is 0 Å². The number of carbonyl (C=O) groups excluding carboxylic acids is 1. The van der Waals surface area contributed by atoms with Gasteiger partial charge in [-0.2, -0.15) is 0 Å². The lowest BCUT2D eigenvalue weighted by Gasteiger charge is -2.03. The zero-order valence-corrected chi connectivity index (χ0v) is 16.1. The van der Waals surface area contributed by atoms with Crippen LogP contribution in [-0.2, 0) is 25.8 Å². The van der Waals surface area contributed by atoms with Gasteiger partial charge in [0.1, 0.15) is 11.5 Å². The summed E-state index contributed by atoms with van der Waals surface area (Å²) >= 11 is 0. The summed E-state index contributed by atoms with van der Waals surface area (Å²) in [5.41, 5.74) is 1.73. The summed E-state index contributed by atoms with van der Waals surface area (Å²) in [4.78, 5) is 16.0. The predicted octanol–water partition coefficient (Wildman–Crippen LogP) is 3.66. The number of rotatable bonds is 6. The van der Waals surface area contributed by atoms with E-state index >= 15 is 0 Å². The van der Waals surface area contributed by atoms with Gasteiger partial charge < -0.3 is 9.15 Å². The standard InChI is InChI=1S/C20H18FNO5S/c1-26-18(23)12-11-17-22-19(13-5-9-16(10-6-13)28(2,24)25)20(27-17)14-3-7-15(21)8-4-14/h3-10H,11-12H2,1-2H3. The van der Waals surface area contributed by atoms with Crippen molar-refractivity contribution in [2.75, 3.05) is 13.4 Å². The molecule has 0 radical (unpaired) electrons. The van der Waals surface area contributed by atoms with Gasteiger partial charge in [0.15, 0.2) is 21.5 Å². The Balaban J connectivity index is 2.03. The number of ether oxygens (including phenoxy) is 1. The van der Waals surface area contributed by atoms with E-state index in [2.05, 4.69) is 9.72 Å². The van der Waals surface area contributed by atoms with Crippen LogP contribution in [-0.4, -0.2) is 32.7 Å². The van der Waals surface area contributed by atoms with Crippen LogP contribution in [0.4, 0.5) is 4.39 Å². The zero-order chi connectivity index (χ0) is 20.3. The normalized spacial score (nSPS) is 11.4. The van der Waals surface area contributed by atoms with Crippen LogP contribution in [0.1, 0.15) is 12.3 Å². The predicted molar refractivity (Wildman–Crippen MR) is 101 cm³/mol. The minimum absolute atomic E-state index is 0.103. The molecule has 0 aliphatic rings. The van der Waals surface area contributed by atoms with Crippen LogP contribution in [0.15, 0.2) is 57.8 Å². The molecule has 0 saturated carbocycles. The Bertz CT molecular complexity index is 1090. The second kappa shape index (κ2) is 7.93. The Morgan fingerprint density at radius 1 is 1.07 bits per heavy atom. The fraction of sp³-hybridized carbons (Fsp3) is 0.200. The molecule has 6 nitrogen and oxygen atoms in total.